The van der Waals surface area contributed by atoms with Crippen molar-refractivity contribution < 1.29 is 9.47 Å². The van der Waals surface area contributed by atoms with E-state index in [1.54, 1.807) is 7.11 Å². The molecule has 6 heteroatoms. The molecule has 2 aromatic heterocycles. The Bertz CT molecular complexity index is 843. The van der Waals surface area contributed by atoms with Gasteiger partial charge < -0.3 is 14.0 Å². The van der Waals surface area contributed by atoms with Crippen molar-refractivity contribution in [3.05, 3.63) is 36.3 Å². The Hall–Kier alpha value is -1.69. The lowest BCUT2D eigenvalue weighted by atomic mass is 10.00. The predicted molar refractivity (Wildman–Crippen MR) is 101 cm³/mol. The van der Waals surface area contributed by atoms with E-state index in [0.29, 0.717) is 12.5 Å². The van der Waals surface area contributed by atoms with Crippen LogP contribution in [0.3, 0.4) is 0 Å². The summed E-state index contributed by atoms with van der Waals surface area (Å²) in [5, 5.41) is 1.18. The van der Waals surface area contributed by atoms with E-state index in [0.717, 1.165) is 55.9 Å². The molecule has 25 heavy (non-hydrogen) atoms. The summed E-state index contributed by atoms with van der Waals surface area (Å²) in [5.41, 5.74) is 3.21. The molecule has 1 aromatic carbocycles. The van der Waals surface area contributed by atoms with E-state index in [2.05, 4.69) is 27.8 Å². The monoisotopic (exact) mass is 361 g/mol. The number of halogens is 1. The molecule has 3 heterocycles. The molecule has 1 fully saturated rings. The van der Waals surface area contributed by atoms with Crippen LogP contribution >= 0.6 is 12.4 Å². The number of methoxy groups -OCH3 is 1. The van der Waals surface area contributed by atoms with Crippen molar-refractivity contribution in [2.75, 3.05) is 26.9 Å². The van der Waals surface area contributed by atoms with Gasteiger partial charge in [0, 0.05) is 38.7 Å². The van der Waals surface area contributed by atoms with Crippen LogP contribution in [0.5, 0.6) is 0 Å². The molecular weight excluding hydrogens is 338 g/mol. The van der Waals surface area contributed by atoms with Crippen molar-refractivity contribution in [2.45, 2.75) is 25.8 Å². The first-order valence-corrected chi connectivity index (χ1v) is 8.66. The van der Waals surface area contributed by atoms with Gasteiger partial charge in [0.25, 0.3) is 0 Å². The van der Waals surface area contributed by atoms with Crippen LogP contribution in [0, 0.1) is 5.92 Å². The topological polar surface area (TPSA) is 49.2 Å². The lowest BCUT2D eigenvalue weighted by Gasteiger charge is -2.23. The van der Waals surface area contributed by atoms with E-state index < -0.39 is 0 Å². The SMILES string of the molecule is COCCc1nc2cnc3ccccc3c2n1CC1CCOCC1.Cl. The van der Waals surface area contributed by atoms with Gasteiger partial charge in [-0.05, 0) is 24.8 Å². The normalized spacial score (nSPS) is 15.6. The number of rotatable bonds is 5. The maximum atomic E-state index is 5.52. The first-order valence-electron chi connectivity index (χ1n) is 8.66. The number of aromatic nitrogens is 3. The van der Waals surface area contributed by atoms with E-state index in [-0.39, 0.29) is 12.4 Å². The van der Waals surface area contributed by atoms with Crippen LogP contribution in [0.15, 0.2) is 30.5 Å². The lowest BCUT2D eigenvalue weighted by Crippen LogP contribution is -2.21. The largest absolute Gasteiger partial charge is 0.384 e. The molecule has 0 saturated carbocycles. The molecule has 0 N–H and O–H groups in total. The molecule has 1 aliphatic rings. The van der Waals surface area contributed by atoms with Gasteiger partial charge >= 0.3 is 0 Å². The molecule has 1 saturated heterocycles. The molecule has 0 unspecified atom stereocenters. The predicted octanol–water partition coefficient (Wildman–Crippen LogP) is 3.62. The molecule has 5 nitrogen and oxygen atoms in total. The Morgan fingerprint density at radius 1 is 1.20 bits per heavy atom. The third-order valence-corrected chi connectivity index (χ3v) is 4.87. The number of benzene rings is 1. The highest BCUT2D eigenvalue weighted by molar-refractivity contribution is 6.02. The zero-order valence-electron chi connectivity index (χ0n) is 14.5. The summed E-state index contributed by atoms with van der Waals surface area (Å²) in [4.78, 5) is 9.42. The number of imidazole rings is 1. The minimum absolute atomic E-state index is 0. The maximum absolute atomic E-state index is 5.52. The molecule has 4 rings (SSSR count). The summed E-state index contributed by atoms with van der Waals surface area (Å²) in [6.07, 6.45) is 4.95. The second-order valence-electron chi connectivity index (χ2n) is 6.45. The summed E-state index contributed by atoms with van der Waals surface area (Å²) in [6, 6.07) is 8.32. The molecule has 0 radical (unpaired) electrons. The minimum Gasteiger partial charge on any atom is -0.384 e. The van der Waals surface area contributed by atoms with Crippen LogP contribution < -0.4 is 0 Å². The second kappa shape index (κ2) is 8.13. The molecule has 0 bridgehead atoms. The summed E-state index contributed by atoms with van der Waals surface area (Å²) in [7, 11) is 1.74. The summed E-state index contributed by atoms with van der Waals surface area (Å²) in [5.74, 6) is 1.74. The van der Waals surface area contributed by atoms with E-state index in [4.69, 9.17) is 14.5 Å². The summed E-state index contributed by atoms with van der Waals surface area (Å²) < 4.78 is 13.2. The Morgan fingerprint density at radius 3 is 2.80 bits per heavy atom. The number of ether oxygens (including phenoxy) is 2. The number of fused-ring (bicyclic) bond motifs is 3. The lowest BCUT2D eigenvalue weighted by molar-refractivity contribution is 0.0612. The highest BCUT2D eigenvalue weighted by atomic mass is 35.5. The first-order chi connectivity index (χ1) is 11.9. The number of hydrogen-bond donors (Lipinski definition) is 0. The quantitative estimate of drug-likeness (QED) is 0.696. The number of hydrogen-bond acceptors (Lipinski definition) is 4. The fraction of sp³-hybridized carbons (Fsp3) is 0.474. The smallest absolute Gasteiger partial charge is 0.112 e. The fourth-order valence-electron chi connectivity index (χ4n) is 3.58. The Morgan fingerprint density at radius 2 is 2.00 bits per heavy atom. The fourth-order valence-corrected chi connectivity index (χ4v) is 3.58. The third-order valence-electron chi connectivity index (χ3n) is 4.87. The van der Waals surface area contributed by atoms with Gasteiger partial charge in [0.15, 0.2) is 0 Å². The average molecular weight is 362 g/mol. The first kappa shape index (κ1) is 18.1. The van der Waals surface area contributed by atoms with Gasteiger partial charge in [-0.3, -0.25) is 4.98 Å². The molecular formula is C19H24ClN3O2. The summed E-state index contributed by atoms with van der Waals surface area (Å²) in [6.45, 7) is 3.41. The van der Waals surface area contributed by atoms with Crippen LogP contribution in [0.2, 0.25) is 0 Å². The standard InChI is InChI=1S/C19H23N3O2.ClH/c1-23-9-8-18-21-17-12-20-16-5-3-2-4-15(16)19(17)22(18)13-14-6-10-24-11-7-14;/h2-5,12,14H,6-11,13H2,1H3;1H. The Kier molecular flexibility index (Phi) is 5.89. The van der Waals surface area contributed by atoms with E-state index in [1.165, 1.54) is 10.9 Å². The van der Waals surface area contributed by atoms with Crippen LogP contribution in [0.4, 0.5) is 0 Å². The van der Waals surface area contributed by atoms with Gasteiger partial charge in [-0.15, -0.1) is 12.4 Å². The molecule has 0 aliphatic carbocycles. The number of pyridine rings is 1. The van der Waals surface area contributed by atoms with Crippen molar-refractivity contribution in [3.8, 4) is 0 Å². The summed E-state index contributed by atoms with van der Waals surface area (Å²) >= 11 is 0. The van der Waals surface area contributed by atoms with Crippen molar-refractivity contribution in [1.82, 2.24) is 14.5 Å². The van der Waals surface area contributed by atoms with Crippen molar-refractivity contribution in [2.24, 2.45) is 5.92 Å². The average Bonchev–Trinajstić information content (AvgIpc) is 2.99. The molecule has 3 aromatic rings. The molecule has 134 valence electrons. The van der Waals surface area contributed by atoms with E-state index >= 15 is 0 Å². The van der Waals surface area contributed by atoms with E-state index in [1.807, 2.05) is 12.3 Å². The number of nitrogens with zero attached hydrogens (tertiary/aromatic N) is 3. The van der Waals surface area contributed by atoms with Gasteiger partial charge in [-0.2, -0.15) is 0 Å². The van der Waals surface area contributed by atoms with Gasteiger partial charge in [-0.1, -0.05) is 18.2 Å². The maximum Gasteiger partial charge on any atom is 0.112 e. The van der Waals surface area contributed by atoms with Gasteiger partial charge in [0.05, 0.1) is 23.8 Å². The van der Waals surface area contributed by atoms with Crippen molar-refractivity contribution in [3.63, 3.8) is 0 Å². The minimum atomic E-state index is 0. The van der Waals surface area contributed by atoms with Gasteiger partial charge in [0.2, 0.25) is 0 Å². The number of para-hydroxylation sites is 1. The second-order valence-corrected chi connectivity index (χ2v) is 6.45. The van der Waals surface area contributed by atoms with Gasteiger partial charge in [0.1, 0.15) is 11.3 Å². The third kappa shape index (κ3) is 3.64. The van der Waals surface area contributed by atoms with E-state index in [9.17, 15) is 0 Å². The molecule has 1 aliphatic heterocycles. The van der Waals surface area contributed by atoms with Crippen LogP contribution in [0.1, 0.15) is 18.7 Å². The van der Waals surface area contributed by atoms with Crippen LogP contribution in [0.25, 0.3) is 21.9 Å². The highest BCUT2D eigenvalue weighted by Crippen LogP contribution is 2.27. The van der Waals surface area contributed by atoms with Crippen molar-refractivity contribution >= 4 is 34.3 Å². The van der Waals surface area contributed by atoms with Crippen LogP contribution in [-0.4, -0.2) is 41.5 Å². The highest BCUT2D eigenvalue weighted by Gasteiger charge is 2.20. The Balaban J connectivity index is 0.00000182. The molecule has 0 spiro atoms. The Labute approximate surface area is 153 Å². The molecule has 0 amide bonds. The zero-order chi connectivity index (χ0) is 16.4. The molecule has 0 atom stereocenters. The zero-order valence-corrected chi connectivity index (χ0v) is 15.3. The van der Waals surface area contributed by atoms with Gasteiger partial charge in [-0.25, -0.2) is 4.98 Å². The van der Waals surface area contributed by atoms with Crippen molar-refractivity contribution in [1.29, 1.82) is 0 Å². The van der Waals surface area contributed by atoms with Crippen LogP contribution in [-0.2, 0) is 22.4 Å².